The highest BCUT2D eigenvalue weighted by Crippen LogP contribution is 2.13. The summed E-state index contributed by atoms with van der Waals surface area (Å²) in [5, 5.41) is 3.35. The average Bonchev–Trinajstić information content (AvgIpc) is 2.77. The van der Waals surface area contributed by atoms with E-state index in [0.717, 1.165) is 25.6 Å². The predicted molar refractivity (Wildman–Crippen MR) is 70.5 cm³/mol. The number of likely N-dealkylation sites (N-methyl/N-ethyl adjacent to an activating group) is 1. The van der Waals surface area contributed by atoms with Crippen LogP contribution >= 0.6 is 0 Å². The van der Waals surface area contributed by atoms with Crippen molar-refractivity contribution < 1.29 is 4.74 Å². The first-order valence-electron chi connectivity index (χ1n) is 6.13. The molecule has 0 aliphatic carbocycles. The van der Waals surface area contributed by atoms with Crippen LogP contribution in [0.25, 0.3) is 0 Å². The molecule has 0 fully saturated rings. The van der Waals surface area contributed by atoms with Gasteiger partial charge in [-0.15, -0.1) is 0 Å². The summed E-state index contributed by atoms with van der Waals surface area (Å²) in [6.45, 7) is 7.95. The molecule has 1 heterocycles. The van der Waals surface area contributed by atoms with Gasteiger partial charge in [-0.1, -0.05) is 6.92 Å². The van der Waals surface area contributed by atoms with Gasteiger partial charge in [-0.2, -0.15) is 0 Å². The van der Waals surface area contributed by atoms with Gasteiger partial charge < -0.3 is 19.5 Å². The van der Waals surface area contributed by atoms with E-state index >= 15 is 0 Å². The van der Waals surface area contributed by atoms with Crippen molar-refractivity contribution >= 4 is 5.95 Å². The Morgan fingerprint density at radius 3 is 3.00 bits per heavy atom. The maximum atomic E-state index is 5.16. The first kappa shape index (κ1) is 14.0. The molecule has 5 heteroatoms. The molecule has 5 nitrogen and oxygen atoms in total. The number of nitrogens with zero attached hydrogens (tertiary/aromatic N) is 3. The molecule has 98 valence electrons. The highest BCUT2D eigenvalue weighted by Gasteiger charge is 2.09. The molecule has 1 atom stereocenters. The monoisotopic (exact) mass is 240 g/mol. The fourth-order valence-corrected chi connectivity index (χ4v) is 1.64. The third kappa shape index (κ3) is 4.36. The lowest BCUT2D eigenvalue weighted by Gasteiger charge is -2.18. The Hall–Kier alpha value is -1.07. The fraction of sp³-hybridized carbons (Fsp3) is 0.750. The summed E-state index contributed by atoms with van der Waals surface area (Å²) in [4.78, 5) is 6.58. The van der Waals surface area contributed by atoms with Crippen LogP contribution in [0.1, 0.15) is 19.9 Å². The average molecular weight is 240 g/mol. The van der Waals surface area contributed by atoms with E-state index in [9.17, 15) is 0 Å². The van der Waals surface area contributed by atoms with Crippen LogP contribution in [0, 0.1) is 0 Å². The van der Waals surface area contributed by atoms with Crippen molar-refractivity contribution in [2.24, 2.45) is 0 Å². The van der Waals surface area contributed by atoms with E-state index < -0.39 is 0 Å². The van der Waals surface area contributed by atoms with Crippen LogP contribution < -0.4 is 5.32 Å². The number of anilines is 1. The van der Waals surface area contributed by atoms with Crippen molar-refractivity contribution in [3.8, 4) is 0 Å². The third-order valence-corrected chi connectivity index (χ3v) is 2.87. The van der Waals surface area contributed by atoms with Crippen LogP contribution in [-0.2, 0) is 4.74 Å². The zero-order chi connectivity index (χ0) is 12.7. The van der Waals surface area contributed by atoms with E-state index in [1.54, 1.807) is 7.11 Å². The number of rotatable bonds is 8. The summed E-state index contributed by atoms with van der Waals surface area (Å²) < 4.78 is 7.26. The molecule has 1 rings (SSSR count). The molecule has 0 amide bonds. The zero-order valence-electron chi connectivity index (χ0n) is 11.3. The summed E-state index contributed by atoms with van der Waals surface area (Å²) in [5.41, 5.74) is 0. The van der Waals surface area contributed by atoms with Gasteiger partial charge in [-0.05, 0) is 20.5 Å². The van der Waals surface area contributed by atoms with E-state index in [1.807, 2.05) is 12.4 Å². The van der Waals surface area contributed by atoms with Gasteiger partial charge in [0.2, 0.25) is 5.95 Å². The van der Waals surface area contributed by atoms with Gasteiger partial charge in [0, 0.05) is 32.6 Å². The summed E-state index contributed by atoms with van der Waals surface area (Å²) in [6.07, 6.45) is 3.80. The van der Waals surface area contributed by atoms with Crippen molar-refractivity contribution in [2.45, 2.75) is 19.9 Å². The van der Waals surface area contributed by atoms with Gasteiger partial charge in [0.05, 0.1) is 12.6 Å². The van der Waals surface area contributed by atoms with Crippen molar-refractivity contribution in [1.82, 2.24) is 14.5 Å². The Balaban J connectivity index is 2.45. The smallest absolute Gasteiger partial charge is 0.203 e. The molecule has 1 aromatic rings. The minimum absolute atomic E-state index is 0.300. The van der Waals surface area contributed by atoms with Crippen LogP contribution in [-0.4, -0.2) is 54.8 Å². The molecule has 0 bridgehead atoms. The number of hydrogen-bond acceptors (Lipinski definition) is 4. The van der Waals surface area contributed by atoms with E-state index in [4.69, 9.17) is 4.74 Å². The van der Waals surface area contributed by atoms with Gasteiger partial charge in [0.15, 0.2) is 0 Å². The second-order valence-electron chi connectivity index (χ2n) is 4.29. The minimum Gasteiger partial charge on any atom is -0.383 e. The molecule has 0 aliphatic heterocycles. The third-order valence-electron chi connectivity index (χ3n) is 2.87. The van der Waals surface area contributed by atoms with E-state index in [1.165, 1.54) is 0 Å². The number of imidazole rings is 1. The Morgan fingerprint density at radius 2 is 2.35 bits per heavy atom. The Labute approximate surface area is 104 Å². The number of aromatic nitrogens is 2. The standard InChI is InChI=1S/C12H24N4O/c1-5-15(3)8-6-13-12-14-7-9-16(12)11(2)10-17-4/h7,9,11H,5-6,8,10H2,1-4H3,(H,13,14). The molecular formula is C12H24N4O. The molecular weight excluding hydrogens is 216 g/mol. The van der Waals surface area contributed by atoms with E-state index in [-0.39, 0.29) is 0 Å². The van der Waals surface area contributed by atoms with Gasteiger partial charge >= 0.3 is 0 Å². The lowest BCUT2D eigenvalue weighted by atomic mass is 10.3. The number of hydrogen-bond donors (Lipinski definition) is 1. The second-order valence-corrected chi connectivity index (χ2v) is 4.29. The van der Waals surface area contributed by atoms with Crippen LogP contribution in [0.4, 0.5) is 5.95 Å². The lowest BCUT2D eigenvalue weighted by molar-refractivity contribution is 0.163. The molecule has 1 aromatic heterocycles. The zero-order valence-corrected chi connectivity index (χ0v) is 11.3. The summed E-state index contributed by atoms with van der Waals surface area (Å²) >= 11 is 0. The highest BCUT2D eigenvalue weighted by molar-refractivity contribution is 5.26. The van der Waals surface area contributed by atoms with E-state index in [2.05, 4.69) is 40.7 Å². The highest BCUT2D eigenvalue weighted by atomic mass is 16.5. The van der Waals surface area contributed by atoms with Crippen LogP contribution in [0.5, 0.6) is 0 Å². The predicted octanol–water partition coefficient (Wildman–Crippen LogP) is 1.45. The van der Waals surface area contributed by atoms with Gasteiger partial charge in [-0.3, -0.25) is 0 Å². The lowest BCUT2D eigenvalue weighted by Crippen LogP contribution is -2.26. The Morgan fingerprint density at radius 1 is 1.59 bits per heavy atom. The summed E-state index contributed by atoms with van der Waals surface area (Å²) in [5.74, 6) is 0.916. The van der Waals surface area contributed by atoms with Crippen molar-refractivity contribution in [3.63, 3.8) is 0 Å². The fourth-order valence-electron chi connectivity index (χ4n) is 1.64. The maximum Gasteiger partial charge on any atom is 0.203 e. The summed E-state index contributed by atoms with van der Waals surface area (Å²) in [7, 11) is 3.83. The number of methoxy groups -OCH3 is 1. The molecule has 0 radical (unpaired) electrons. The SMILES string of the molecule is CCN(C)CCNc1nccn1C(C)COC. The molecule has 0 spiro atoms. The minimum atomic E-state index is 0.300. The van der Waals surface area contributed by atoms with Gasteiger partial charge in [-0.25, -0.2) is 4.98 Å². The quantitative estimate of drug-likeness (QED) is 0.747. The largest absolute Gasteiger partial charge is 0.383 e. The Kier molecular flexibility index (Phi) is 6.00. The second kappa shape index (κ2) is 7.29. The number of nitrogens with one attached hydrogen (secondary N) is 1. The molecule has 1 N–H and O–H groups in total. The first-order valence-corrected chi connectivity index (χ1v) is 6.13. The molecule has 17 heavy (non-hydrogen) atoms. The number of ether oxygens (including phenoxy) is 1. The van der Waals surface area contributed by atoms with Crippen LogP contribution in [0.3, 0.4) is 0 Å². The van der Waals surface area contributed by atoms with Crippen LogP contribution in [0.15, 0.2) is 12.4 Å². The molecule has 0 aromatic carbocycles. The first-order chi connectivity index (χ1) is 8.19. The summed E-state index contributed by atoms with van der Waals surface area (Å²) in [6, 6.07) is 0.300. The van der Waals surface area contributed by atoms with E-state index in [0.29, 0.717) is 12.6 Å². The molecule has 0 saturated carbocycles. The maximum absolute atomic E-state index is 5.16. The molecule has 0 saturated heterocycles. The van der Waals surface area contributed by atoms with Crippen molar-refractivity contribution in [2.75, 3.05) is 45.7 Å². The van der Waals surface area contributed by atoms with Gasteiger partial charge in [0.1, 0.15) is 0 Å². The normalized spacial score (nSPS) is 13.0. The Bertz CT molecular complexity index is 313. The van der Waals surface area contributed by atoms with Crippen LogP contribution in [0.2, 0.25) is 0 Å². The van der Waals surface area contributed by atoms with Crippen molar-refractivity contribution in [1.29, 1.82) is 0 Å². The van der Waals surface area contributed by atoms with Gasteiger partial charge in [0.25, 0.3) is 0 Å². The molecule has 0 aliphatic rings. The molecule has 1 unspecified atom stereocenters. The van der Waals surface area contributed by atoms with Crippen molar-refractivity contribution in [3.05, 3.63) is 12.4 Å². The topological polar surface area (TPSA) is 42.3 Å².